The molecule has 0 spiro atoms. The standard InChI is InChI=1S/C16H26N2O2/c1-11-6-15(19-4)16(20-5)7-14(11)10-18-9-12(2)17-8-13(18)3/h6-7,12-13,17H,8-10H2,1-5H3. The molecule has 1 heterocycles. The van der Waals surface area contributed by atoms with E-state index in [2.05, 4.69) is 43.1 Å². The average Bonchev–Trinajstić information content (AvgIpc) is 2.44. The molecule has 1 aliphatic heterocycles. The molecule has 1 N–H and O–H groups in total. The topological polar surface area (TPSA) is 33.7 Å². The molecule has 0 aliphatic carbocycles. The van der Waals surface area contributed by atoms with Crippen LogP contribution in [-0.4, -0.2) is 44.3 Å². The van der Waals surface area contributed by atoms with Gasteiger partial charge in [-0.3, -0.25) is 4.90 Å². The van der Waals surface area contributed by atoms with Crippen molar-refractivity contribution < 1.29 is 9.47 Å². The Labute approximate surface area is 122 Å². The Kier molecular flexibility index (Phi) is 4.89. The molecule has 0 amide bonds. The maximum absolute atomic E-state index is 5.41. The van der Waals surface area contributed by atoms with E-state index in [1.165, 1.54) is 11.1 Å². The molecule has 2 atom stereocenters. The molecule has 4 nitrogen and oxygen atoms in total. The van der Waals surface area contributed by atoms with Gasteiger partial charge in [0.25, 0.3) is 0 Å². The Balaban J connectivity index is 2.20. The fraction of sp³-hybridized carbons (Fsp3) is 0.625. The van der Waals surface area contributed by atoms with E-state index < -0.39 is 0 Å². The Bertz CT molecular complexity index is 462. The normalized spacial score (nSPS) is 23.6. The van der Waals surface area contributed by atoms with Gasteiger partial charge in [0.15, 0.2) is 11.5 Å². The van der Waals surface area contributed by atoms with Crippen molar-refractivity contribution in [2.75, 3.05) is 27.3 Å². The van der Waals surface area contributed by atoms with Crippen LogP contribution in [0.2, 0.25) is 0 Å². The van der Waals surface area contributed by atoms with Crippen LogP contribution < -0.4 is 14.8 Å². The fourth-order valence-corrected chi connectivity index (χ4v) is 2.73. The van der Waals surface area contributed by atoms with Crippen LogP contribution in [0.4, 0.5) is 0 Å². The molecule has 0 bridgehead atoms. The van der Waals surface area contributed by atoms with E-state index in [1.54, 1.807) is 14.2 Å². The molecule has 2 unspecified atom stereocenters. The summed E-state index contributed by atoms with van der Waals surface area (Å²) in [6, 6.07) is 5.27. The van der Waals surface area contributed by atoms with Crippen molar-refractivity contribution in [2.45, 2.75) is 39.4 Å². The SMILES string of the molecule is COc1cc(C)c(CN2CC(C)NCC2C)cc1OC. The second kappa shape index (κ2) is 6.46. The molecule has 0 saturated carbocycles. The number of hydrogen-bond donors (Lipinski definition) is 1. The van der Waals surface area contributed by atoms with Crippen LogP contribution in [0, 0.1) is 6.92 Å². The largest absolute Gasteiger partial charge is 0.493 e. The zero-order chi connectivity index (χ0) is 14.7. The molecule has 1 aliphatic rings. The summed E-state index contributed by atoms with van der Waals surface area (Å²) in [5.74, 6) is 1.61. The van der Waals surface area contributed by atoms with E-state index in [-0.39, 0.29) is 0 Å². The van der Waals surface area contributed by atoms with E-state index in [9.17, 15) is 0 Å². The summed E-state index contributed by atoms with van der Waals surface area (Å²) < 4.78 is 10.8. The van der Waals surface area contributed by atoms with Gasteiger partial charge in [0, 0.05) is 31.7 Å². The zero-order valence-corrected chi connectivity index (χ0v) is 13.2. The second-order valence-corrected chi connectivity index (χ2v) is 5.72. The predicted molar refractivity (Wildman–Crippen MR) is 81.6 cm³/mol. The number of benzene rings is 1. The predicted octanol–water partition coefficient (Wildman–Crippen LogP) is 2.19. The first-order chi connectivity index (χ1) is 9.55. The van der Waals surface area contributed by atoms with Crippen LogP contribution in [0.25, 0.3) is 0 Å². The van der Waals surface area contributed by atoms with Crippen LogP contribution in [0.5, 0.6) is 11.5 Å². The first kappa shape index (κ1) is 15.1. The number of rotatable bonds is 4. The lowest BCUT2D eigenvalue weighted by Crippen LogP contribution is -2.53. The van der Waals surface area contributed by atoms with Crippen molar-refractivity contribution in [1.82, 2.24) is 10.2 Å². The number of aryl methyl sites for hydroxylation is 1. The number of nitrogens with zero attached hydrogens (tertiary/aromatic N) is 1. The maximum Gasteiger partial charge on any atom is 0.161 e. The monoisotopic (exact) mass is 278 g/mol. The van der Waals surface area contributed by atoms with Crippen molar-refractivity contribution in [2.24, 2.45) is 0 Å². The van der Waals surface area contributed by atoms with Gasteiger partial charge in [-0.1, -0.05) is 0 Å². The average molecular weight is 278 g/mol. The summed E-state index contributed by atoms with van der Waals surface area (Å²) >= 11 is 0. The van der Waals surface area contributed by atoms with Crippen molar-refractivity contribution in [3.05, 3.63) is 23.3 Å². The minimum Gasteiger partial charge on any atom is -0.493 e. The van der Waals surface area contributed by atoms with Gasteiger partial charge in [0.1, 0.15) is 0 Å². The van der Waals surface area contributed by atoms with Crippen molar-refractivity contribution in [1.29, 1.82) is 0 Å². The van der Waals surface area contributed by atoms with Crippen LogP contribution in [0.1, 0.15) is 25.0 Å². The van der Waals surface area contributed by atoms with Gasteiger partial charge in [0.05, 0.1) is 14.2 Å². The third-order valence-electron chi connectivity index (χ3n) is 4.11. The minimum atomic E-state index is 0.548. The summed E-state index contributed by atoms with van der Waals surface area (Å²) in [7, 11) is 3.36. The van der Waals surface area contributed by atoms with Gasteiger partial charge in [-0.25, -0.2) is 0 Å². The summed E-state index contributed by atoms with van der Waals surface area (Å²) in [6.07, 6.45) is 0. The van der Waals surface area contributed by atoms with E-state index in [0.29, 0.717) is 12.1 Å². The second-order valence-electron chi connectivity index (χ2n) is 5.72. The number of ether oxygens (including phenoxy) is 2. The highest BCUT2D eigenvalue weighted by Gasteiger charge is 2.23. The quantitative estimate of drug-likeness (QED) is 0.915. The molecule has 1 saturated heterocycles. The van der Waals surface area contributed by atoms with Crippen molar-refractivity contribution >= 4 is 0 Å². The van der Waals surface area contributed by atoms with Gasteiger partial charge >= 0.3 is 0 Å². The minimum absolute atomic E-state index is 0.548. The molecule has 0 radical (unpaired) electrons. The highest BCUT2D eigenvalue weighted by atomic mass is 16.5. The summed E-state index contributed by atoms with van der Waals surface area (Å²) in [5, 5.41) is 3.52. The van der Waals surface area contributed by atoms with Gasteiger partial charge in [-0.2, -0.15) is 0 Å². The Morgan fingerprint density at radius 3 is 2.50 bits per heavy atom. The lowest BCUT2D eigenvalue weighted by Gasteiger charge is -2.37. The van der Waals surface area contributed by atoms with Crippen LogP contribution in [-0.2, 0) is 6.54 Å². The fourth-order valence-electron chi connectivity index (χ4n) is 2.73. The van der Waals surface area contributed by atoms with Crippen LogP contribution >= 0.6 is 0 Å². The molecular formula is C16H26N2O2. The van der Waals surface area contributed by atoms with Gasteiger partial charge in [-0.05, 0) is 44.0 Å². The number of hydrogen-bond acceptors (Lipinski definition) is 4. The van der Waals surface area contributed by atoms with Crippen LogP contribution in [0.15, 0.2) is 12.1 Å². The molecule has 0 aromatic heterocycles. The summed E-state index contributed by atoms with van der Waals surface area (Å²) in [4.78, 5) is 2.52. The van der Waals surface area contributed by atoms with E-state index >= 15 is 0 Å². The van der Waals surface area contributed by atoms with Gasteiger partial charge < -0.3 is 14.8 Å². The first-order valence-electron chi connectivity index (χ1n) is 7.24. The first-order valence-corrected chi connectivity index (χ1v) is 7.24. The Hall–Kier alpha value is -1.26. The smallest absolute Gasteiger partial charge is 0.161 e. The molecule has 20 heavy (non-hydrogen) atoms. The van der Waals surface area contributed by atoms with Crippen molar-refractivity contribution in [3.8, 4) is 11.5 Å². The lowest BCUT2D eigenvalue weighted by molar-refractivity contribution is 0.138. The molecule has 1 aromatic rings. The van der Waals surface area contributed by atoms with Gasteiger partial charge in [0.2, 0.25) is 0 Å². The molecule has 2 rings (SSSR count). The number of piperazine rings is 1. The third kappa shape index (κ3) is 3.25. The van der Waals surface area contributed by atoms with E-state index in [1.807, 2.05) is 0 Å². The summed E-state index contributed by atoms with van der Waals surface area (Å²) in [6.45, 7) is 9.73. The van der Waals surface area contributed by atoms with E-state index in [4.69, 9.17) is 9.47 Å². The highest BCUT2D eigenvalue weighted by Crippen LogP contribution is 2.31. The maximum atomic E-state index is 5.41. The molecule has 4 heteroatoms. The molecule has 112 valence electrons. The number of methoxy groups -OCH3 is 2. The van der Waals surface area contributed by atoms with Crippen molar-refractivity contribution in [3.63, 3.8) is 0 Å². The highest BCUT2D eigenvalue weighted by molar-refractivity contribution is 5.47. The summed E-state index contributed by atoms with van der Waals surface area (Å²) in [5.41, 5.74) is 2.56. The van der Waals surface area contributed by atoms with Crippen LogP contribution in [0.3, 0.4) is 0 Å². The molecular weight excluding hydrogens is 252 g/mol. The zero-order valence-electron chi connectivity index (χ0n) is 13.2. The van der Waals surface area contributed by atoms with Gasteiger partial charge in [-0.15, -0.1) is 0 Å². The number of nitrogens with one attached hydrogen (secondary N) is 1. The molecule has 1 aromatic carbocycles. The van der Waals surface area contributed by atoms with E-state index in [0.717, 1.165) is 31.1 Å². The molecule has 1 fully saturated rings. The Morgan fingerprint density at radius 2 is 1.85 bits per heavy atom. The third-order valence-corrected chi connectivity index (χ3v) is 4.11. The Morgan fingerprint density at radius 1 is 1.20 bits per heavy atom. The lowest BCUT2D eigenvalue weighted by atomic mass is 10.0.